The third-order valence-corrected chi connectivity index (χ3v) is 4.44. The Bertz CT molecular complexity index is 222. The summed E-state index contributed by atoms with van der Waals surface area (Å²) in [4.78, 5) is 5.05. The lowest BCUT2D eigenvalue weighted by Gasteiger charge is -2.35. The molecule has 0 spiro atoms. The topological polar surface area (TPSA) is 18.5 Å². The maximum absolute atomic E-state index is 3.79. The lowest BCUT2D eigenvalue weighted by atomic mass is 10.0. The van der Waals surface area contributed by atoms with E-state index in [0.717, 1.165) is 18.0 Å². The molecule has 2 aliphatic heterocycles. The van der Waals surface area contributed by atoms with Crippen LogP contribution in [0.15, 0.2) is 0 Å². The maximum Gasteiger partial charge on any atom is 0.00915 e. The Morgan fingerprint density at radius 3 is 2.35 bits per heavy atom. The van der Waals surface area contributed by atoms with Gasteiger partial charge in [0.1, 0.15) is 0 Å². The van der Waals surface area contributed by atoms with Gasteiger partial charge in [-0.1, -0.05) is 0 Å². The van der Waals surface area contributed by atoms with E-state index >= 15 is 0 Å². The molecule has 2 heterocycles. The summed E-state index contributed by atoms with van der Waals surface area (Å²) in [7, 11) is 2.24. The van der Waals surface area contributed by atoms with Gasteiger partial charge in [-0.25, -0.2) is 0 Å². The quantitative estimate of drug-likeness (QED) is 0.800. The van der Waals surface area contributed by atoms with Gasteiger partial charge in [0, 0.05) is 18.6 Å². The van der Waals surface area contributed by atoms with Crippen LogP contribution in [-0.2, 0) is 0 Å². The number of piperidine rings is 1. The third kappa shape index (κ3) is 3.94. The highest BCUT2D eigenvalue weighted by molar-refractivity contribution is 4.81. The van der Waals surface area contributed by atoms with Crippen molar-refractivity contribution in [3.8, 4) is 0 Å². The summed E-state index contributed by atoms with van der Waals surface area (Å²) in [5.74, 6) is 0.892. The number of rotatable bonds is 4. The molecule has 2 rings (SSSR count). The predicted octanol–water partition coefficient (Wildman–Crippen LogP) is 1.40. The lowest BCUT2D eigenvalue weighted by molar-refractivity contribution is 0.159. The summed E-state index contributed by atoms with van der Waals surface area (Å²) in [5, 5.41) is 3.79. The lowest BCUT2D eigenvalue weighted by Crippen LogP contribution is -2.46. The fourth-order valence-electron chi connectivity index (χ4n) is 3.15. The average Bonchev–Trinajstić information content (AvgIpc) is 2.73. The molecule has 0 aromatic heterocycles. The fourth-order valence-corrected chi connectivity index (χ4v) is 3.15. The van der Waals surface area contributed by atoms with Crippen LogP contribution in [0.1, 0.15) is 33.1 Å². The molecule has 3 heteroatoms. The monoisotopic (exact) mass is 239 g/mol. The van der Waals surface area contributed by atoms with Gasteiger partial charge in [-0.15, -0.1) is 0 Å². The maximum atomic E-state index is 3.79. The Balaban J connectivity index is 1.61. The number of hydrogen-bond acceptors (Lipinski definition) is 3. The Hall–Kier alpha value is -0.120. The van der Waals surface area contributed by atoms with Crippen molar-refractivity contribution in [3.05, 3.63) is 0 Å². The Labute approximate surface area is 107 Å². The van der Waals surface area contributed by atoms with E-state index in [1.165, 1.54) is 52.0 Å². The minimum atomic E-state index is 0.722. The van der Waals surface area contributed by atoms with Crippen LogP contribution in [0.3, 0.4) is 0 Å². The summed E-state index contributed by atoms with van der Waals surface area (Å²) in [5.41, 5.74) is 0. The van der Waals surface area contributed by atoms with Gasteiger partial charge >= 0.3 is 0 Å². The fraction of sp³-hybridized carbons (Fsp3) is 1.00. The highest BCUT2D eigenvalue weighted by Crippen LogP contribution is 2.16. The second-order valence-electron chi connectivity index (χ2n) is 6.23. The molecule has 1 atom stereocenters. The second kappa shape index (κ2) is 6.17. The smallest absolute Gasteiger partial charge is 0.00915 e. The van der Waals surface area contributed by atoms with E-state index in [0.29, 0.717) is 0 Å². The molecule has 1 unspecified atom stereocenters. The van der Waals surface area contributed by atoms with Crippen molar-refractivity contribution in [2.45, 2.75) is 45.2 Å². The van der Waals surface area contributed by atoms with Crippen molar-refractivity contribution in [2.24, 2.45) is 5.92 Å². The number of nitrogens with one attached hydrogen (secondary N) is 1. The zero-order valence-electron chi connectivity index (χ0n) is 11.8. The van der Waals surface area contributed by atoms with E-state index in [9.17, 15) is 0 Å². The van der Waals surface area contributed by atoms with Crippen LogP contribution in [0.2, 0.25) is 0 Å². The molecular formula is C14H29N3. The molecule has 0 aromatic carbocycles. The summed E-state index contributed by atoms with van der Waals surface area (Å²) in [6, 6.07) is 1.50. The van der Waals surface area contributed by atoms with Gasteiger partial charge in [0.2, 0.25) is 0 Å². The van der Waals surface area contributed by atoms with Crippen LogP contribution in [-0.4, -0.2) is 61.7 Å². The molecule has 0 aliphatic carbocycles. The van der Waals surface area contributed by atoms with Crippen LogP contribution >= 0.6 is 0 Å². The molecule has 2 fully saturated rings. The molecule has 100 valence electrons. The SMILES string of the molecule is CC(C)N1CCC(NCC2CCN(C)C2)CC1. The van der Waals surface area contributed by atoms with Gasteiger partial charge in [0.05, 0.1) is 0 Å². The van der Waals surface area contributed by atoms with E-state index in [2.05, 4.69) is 36.0 Å². The Morgan fingerprint density at radius 1 is 1.12 bits per heavy atom. The molecule has 17 heavy (non-hydrogen) atoms. The highest BCUT2D eigenvalue weighted by atomic mass is 15.2. The van der Waals surface area contributed by atoms with Crippen LogP contribution in [0, 0.1) is 5.92 Å². The van der Waals surface area contributed by atoms with E-state index in [4.69, 9.17) is 0 Å². The minimum Gasteiger partial charge on any atom is -0.314 e. The van der Waals surface area contributed by atoms with Crippen LogP contribution in [0.5, 0.6) is 0 Å². The van der Waals surface area contributed by atoms with Gasteiger partial charge in [-0.05, 0) is 72.3 Å². The standard InChI is InChI=1S/C14H29N3/c1-12(2)17-8-5-14(6-9-17)15-10-13-4-7-16(3)11-13/h12-15H,4-11H2,1-3H3. The first-order chi connectivity index (χ1) is 8.15. The van der Waals surface area contributed by atoms with Gasteiger partial charge in [-0.2, -0.15) is 0 Å². The number of hydrogen-bond donors (Lipinski definition) is 1. The molecule has 2 aliphatic rings. The first-order valence-corrected chi connectivity index (χ1v) is 7.31. The summed E-state index contributed by atoms with van der Waals surface area (Å²) >= 11 is 0. The van der Waals surface area contributed by atoms with Crippen LogP contribution < -0.4 is 5.32 Å². The van der Waals surface area contributed by atoms with Gasteiger partial charge in [0.25, 0.3) is 0 Å². The first kappa shape index (κ1) is 13.3. The van der Waals surface area contributed by atoms with Crippen molar-refractivity contribution in [1.82, 2.24) is 15.1 Å². The largest absolute Gasteiger partial charge is 0.314 e. The first-order valence-electron chi connectivity index (χ1n) is 7.31. The van der Waals surface area contributed by atoms with Crippen molar-refractivity contribution < 1.29 is 0 Å². The van der Waals surface area contributed by atoms with E-state index in [1.807, 2.05) is 0 Å². The zero-order valence-corrected chi connectivity index (χ0v) is 11.8. The molecular weight excluding hydrogens is 210 g/mol. The Kier molecular flexibility index (Phi) is 4.83. The van der Waals surface area contributed by atoms with Crippen LogP contribution in [0.4, 0.5) is 0 Å². The third-order valence-electron chi connectivity index (χ3n) is 4.44. The van der Waals surface area contributed by atoms with Crippen LogP contribution in [0.25, 0.3) is 0 Å². The van der Waals surface area contributed by atoms with Gasteiger partial charge in [0.15, 0.2) is 0 Å². The number of likely N-dealkylation sites (tertiary alicyclic amines) is 2. The molecule has 0 saturated carbocycles. The van der Waals surface area contributed by atoms with E-state index in [1.54, 1.807) is 0 Å². The van der Waals surface area contributed by atoms with Crippen molar-refractivity contribution in [1.29, 1.82) is 0 Å². The summed E-state index contributed by atoms with van der Waals surface area (Å²) in [6.45, 7) is 11.0. The van der Waals surface area contributed by atoms with Crippen molar-refractivity contribution in [3.63, 3.8) is 0 Å². The minimum absolute atomic E-state index is 0.722. The molecule has 0 bridgehead atoms. The highest BCUT2D eigenvalue weighted by Gasteiger charge is 2.23. The second-order valence-corrected chi connectivity index (χ2v) is 6.23. The molecule has 1 N–H and O–H groups in total. The Morgan fingerprint density at radius 2 is 1.82 bits per heavy atom. The van der Waals surface area contributed by atoms with E-state index < -0.39 is 0 Å². The molecule has 0 radical (unpaired) electrons. The number of nitrogens with zero attached hydrogens (tertiary/aromatic N) is 2. The average molecular weight is 239 g/mol. The predicted molar refractivity (Wildman–Crippen MR) is 73.3 cm³/mol. The molecule has 3 nitrogen and oxygen atoms in total. The summed E-state index contributed by atoms with van der Waals surface area (Å²) in [6.07, 6.45) is 4.05. The normalized spacial score (nSPS) is 29.3. The van der Waals surface area contributed by atoms with Crippen molar-refractivity contribution >= 4 is 0 Å². The van der Waals surface area contributed by atoms with E-state index in [-0.39, 0.29) is 0 Å². The molecule has 2 saturated heterocycles. The van der Waals surface area contributed by atoms with Crippen molar-refractivity contribution in [2.75, 3.05) is 39.8 Å². The van der Waals surface area contributed by atoms with Gasteiger partial charge in [-0.3, -0.25) is 0 Å². The van der Waals surface area contributed by atoms with Gasteiger partial charge < -0.3 is 15.1 Å². The zero-order chi connectivity index (χ0) is 12.3. The summed E-state index contributed by atoms with van der Waals surface area (Å²) < 4.78 is 0. The molecule has 0 amide bonds. The molecule has 0 aromatic rings.